The quantitative estimate of drug-likeness (QED) is 0.446. The van der Waals surface area contributed by atoms with Crippen molar-refractivity contribution in [2.24, 2.45) is 0 Å². The van der Waals surface area contributed by atoms with Gasteiger partial charge in [0.1, 0.15) is 18.1 Å². The summed E-state index contributed by atoms with van der Waals surface area (Å²) in [4.78, 5) is 12.7. The zero-order valence-electron chi connectivity index (χ0n) is 17.5. The van der Waals surface area contributed by atoms with Gasteiger partial charge in [0.25, 0.3) is 10.0 Å². The number of hydrogen-bond donors (Lipinski definition) is 1. The highest BCUT2D eigenvalue weighted by Crippen LogP contribution is 2.26. The maximum absolute atomic E-state index is 13.4. The summed E-state index contributed by atoms with van der Waals surface area (Å²) in [5.41, 5.74) is 1.62. The zero-order chi connectivity index (χ0) is 23.3. The lowest BCUT2D eigenvalue weighted by Gasteiger charge is -2.24. The molecule has 1 N–H and O–H groups in total. The lowest BCUT2D eigenvalue weighted by Crippen LogP contribution is -2.38. The van der Waals surface area contributed by atoms with Crippen LogP contribution < -0.4 is 14.4 Å². The van der Waals surface area contributed by atoms with E-state index in [9.17, 15) is 17.6 Å². The van der Waals surface area contributed by atoms with Crippen molar-refractivity contribution < 1.29 is 22.3 Å². The van der Waals surface area contributed by atoms with E-state index in [0.717, 1.165) is 26.5 Å². The third-order valence-electron chi connectivity index (χ3n) is 4.57. The Balaban J connectivity index is 1.91. The first kappa shape index (κ1) is 23.7. The first-order valence-corrected chi connectivity index (χ1v) is 12.0. The van der Waals surface area contributed by atoms with Crippen LogP contribution in [0.25, 0.3) is 0 Å². The molecule has 6 nitrogen and oxygen atoms in total. The molecule has 0 bridgehead atoms. The molecule has 0 heterocycles. The van der Waals surface area contributed by atoms with Crippen LogP contribution in [0.1, 0.15) is 12.5 Å². The fraction of sp³-hybridized carbons (Fsp3) is 0.174. The van der Waals surface area contributed by atoms with Gasteiger partial charge in [-0.3, -0.25) is 9.10 Å². The number of ether oxygens (including phenoxy) is 1. The lowest BCUT2D eigenvalue weighted by molar-refractivity contribution is -0.114. The molecule has 0 aliphatic rings. The summed E-state index contributed by atoms with van der Waals surface area (Å²) in [5, 5.41) is 2.71. The smallest absolute Gasteiger partial charge is 0.264 e. The number of carbonyl (C=O) groups excluding carboxylic acids is 1. The number of anilines is 2. The molecule has 0 spiro atoms. The third-order valence-corrected chi connectivity index (χ3v) is 7.24. The third kappa shape index (κ3) is 5.66. The summed E-state index contributed by atoms with van der Waals surface area (Å²) in [7, 11) is -4.11. The molecular weight excluding hydrogens is 499 g/mol. The molecule has 0 saturated carbocycles. The molecule has 0 aromatic heterocycles. The number of rotatable bonds is 8. The van der Waals surface area contributed by atoms with Crippen LogP contribution in [-0.2, 0) is 14.8 Å². The maximum Gasteiger partial charge on any atom is 0.264 e. The van der Waals surface area contributed by atoms with E-state index < -0.39 is 28.3 Å². The summed E-state index contributed by atoms with van der Waals surface area (Å²) in [6.07, 6.45) is 0. The van der Waals surface area contributed by atoms with Gasteiger partial charge in [-0.1, -0.05) is 15.9 Å². The van der Waals surface area contributed by atoms with Crippen LogP contribution in [0, 0.1) is 12.7 Å². The van der Waals surface area contributed by atoms with Gasteiger partial charge in [0.05, 0.1) is 17.2 Å². The highest BCUT2D eigenvalue weighted by Gasteiger charge is 2.27. The highest BCUT2D eigenvalue weighted by molar-refractivity contribution is 9.10. The van der Waals surface area contributed by atoms with Crippen LogP contribution in [0.15, 0.2) is 76.1 Å². The molecule has 3 aromatic carbocycles. The summed E-state index contributed by atoms with van der Waals surface area (Å²) in [5.74, 6) is -0.518. The molecule has 0 atom stereocenters. The second-order valence-corrected chi connectivity index (χ2v) is 9.62. The number of sulfonamides is 1. The van der Waals surface area contributed by atoms with Gasteiger partial charge in [-0.2, -0.15) is 0 Å². The number of hydrogen-bond acceptors (Lipinski definition) is 4. The van der Waals surface area contributed by atoms with Gasteiger partial charge in [0, 0.05) is 10.2 Å². The number of amides is 1. The van der Waals surface area contributed by atoms with Gasteiger partial charge in [0.2, 0.25) is 5.91 Å². The Bertz CT molecular complexity index is 1200. The Morgan fingerprint density at radius 1 is 1.06 bits per heavy atom. The van der Waals surface area contributed by atoms with Crippen LogP contribution in [0.2, 0.25) is 0 Å². The molecule has 32 heavy (non-hydrogen) atoms. The minimum absolute atomic E-state index is 0.0161. The molecule has 0 aliphatic heterocycles. The van der Waals surface area contributed by atoms with Crippen LogP contribution in [0.5, 0.6) is 5.75 Å². The van der Waals surface area contributed by atoms with Gasteiger partial charge in [0.15, 0.2) is 0 Å². The Morgan fingerprint density at radius 2 is 1.72 bits per heavy atom. The molecule has 1 amide bonds. The van der Waals surface area contributed by atoms with Gasteiger partial charge in [-0.25, -0.2) is 12.8 Å². The molecule has 0 saturated heterocycles. The van der Waals surface area contributed by atoms with Crippen molar-refractivity contribution in [3.8, 4) is 5.75 Å². The van der Waals surface area contributed by atoms with Crippen LogP contribution >= 0.6 is 15.9 Å². The van der Waals surface area contributed by atoms with E-state index in [1.165, 1.54) is 24.3 Å². The van der Waals surface area contributed by atoms with E-state index in [0.29, 0.717) is 18.0 Å². The largest absolute Gasteiger partial charge is 0.494 e. The monoisotopic (exact) mass is 520 g/mol. The van der Waals surface area contributed by atoms with E-state index in [1.807, 2.05) is 13.8 Å². The Morgan fingerprint density at radius 3 is 2.31 bits per heavy atom. The molecule has 9 heteroatoms. The number of carbonyl (C=O) groups is 1. The van der Waals surface area contributed by atoms with Gasteiger partial charge in [-0.05, 0) is 86.1 Å². The number of nitrogens with zero attached hydrogens (tertiary/aromatic N) is 1. The first-order valence-electron chi connectivity index (χ1n) is 9.78. The highest BCUT2D eigenvalue weighted by atomic mass is 79.9. The van der Waals surface area contributed by atoms with Crippen molar-refractivity contribution >= 4 is 43.2 Å². The van der Waals surface area contributed by atoms with Crippen molar-refractivity contribution in [3.05, 3.63) is 82.6 Å². The van der Waals surface area contributed by atoms with E-state index in [2.05, 4.69) is 21.2 Å². The predicted molar refractivity (Wildman–Crippen MR) is 126 cm³/mol. The normalized spacial score (nSPS) is 11.1. The first-order chi connectivity index (χ1) is 15.2. The second kappa shape index (κ2) is 10.1. The standard InChI is InChI=1S/C23H22BrFN2O4S/c1-3-31-20-9-11-21(12-10-20)32(29,30)27(19-7-4-17(25)5-8-19)15-23(28)26-18-6-13-22(24)16(2)14-18/h4-14H,3,15H2,1-2H3,(H,26,28). The zero-order valence-corrected chi connectivity index (χ0v) is 19.9. The average molecular weight is 521 g/mol. The molecule has 0 fully saturated rings. The van der Waals surface area contributed by atoms with Gasteiger partial charge < -0.3 is 10.1 Å². The maximum atomic E-state index is 13.4. The molecule has 0 unspecified atom stereocenters. The van der Waals surface area contributed by atoms with Gasteiger partial charge in [-0.15, -0.1) is 0 Å². The molecule has 0 aliphatic carbocycles. The number of benzene rings is 3. The van der Waals surface area contributed by atoms with Crippen molar-refractivity contribution in [1.29, 1.82) is 0 Å². The van der Waals surface area contributed by atoms with Crippen LogP contribution in [0.3, 0.4) is 0 Å². The minimum Gasteiger partial charge on any atom is -0.494 e. The number of halogens is 2. The molecule has 3 rings (SSSR count). The topological polar surface area (TPSA) is 75.7 Å². The summed E-state index contributed by atoms with van der Waals surface area (Å²) in [6, 6.07) is 16.1. The molecule has 0 radical (unpaired) electrons. The summed E-state index contributed by atoms with van der Waals surface area (Å²) in [6.45, 7) is 3.66. The van der Waals surface area contributed by atoms with Crippen LogP contribution in [0.4, 0.5) is 15.8 Å². The van der Waals surface area contributed by atoms with E-state index >= 15 is 0 Å². The minimum atomic E-state index is -4.11. The van der Waals surface area contributed by atoms with Crippen molar-refractivity contribution in [2.45, 2.75) is 18.7 Å². The van der Waals surface area contributed by atoms with E-state index in [4.69, 9.17) is 4.74 Å². The predicted octanol–water partition coefficient (Wildman–Crippen LogP) is 5.13. The summed E-state index contributed by atoms with van der Waals surface area (Å²) < 4.78 is 47.4. The lowest BCUT2D eigenvalue weighted by atomic mass is 10.2. The average Bonchev–Trinajstić information content (AvgIpc) is 2.76. The van der Waals surface area contributed by atoms with E-state index in [-0.39, 0.29) is 10.6 Å². The van der Waals surface area contributed by atoms with Crippen molar-refractivity contribution in [3.63, 3.8) is 0 Å². The number of aryl methyl sites for hydroxylation is 1. The van der Waals surface area contributed by atoms with Gasteiger partial charge >= 0.3 is 0 Å². The van der Waals surface area contributed by atoms with Crippen molar-refractivity contribution in [2.75, 3.05) is 22.8 Å². The molecule has 168 valence electrons. The number of nitrogens with one attached hydrogen (secondary N) is 1. The fourth-order valence-electron chi connectivity index (χ4n) is 2.98. The Kier molecular flexibility index (Phi) is 7.52. The Labute approximate surface area is 195 Å². The van der Waals surface area contributed by atoms with Crippen LogP contribution in [-0.4, -0.2) is 27.5 Å². The summed E-state index contributed by atoms with van der Waals surface area (Å²) >= 11 is 3.40. The van der Waals surface area contributed by atoms with Crippen molar-refractivity contribution in [1.82, 2.24) is 0 Å². The molecule has 3 aromatic rings. The molecular formula is C23H22BrFN2O4S. The van der Waals surface area contributed by atoms with E-state index in [1.54, 1.807) is 30.3 Å². The Hall–Kier alpha value is -2.91. The second-order valence-electron chi connectivity index (χ2n) is 6.90. The SMILES string of the molecule is CCOc1ccc(S(=O)(=O)N(CC(=O)Nc2ccc(Br)c(C)c2)c2ccc(F)cc2)cc1. The fourth-order valence-corrected chi connectivity index (χ4v) is 4.65.